The van der Waals surface area contributed by atoms with Crippen LogP contribution in [0.4, 0.5) is 4.39 Å². The number of nitrogens with zero attached hydrogens (tertiary/aromatic N) is 1. The fourth-order valence-corrected chi connectivity index (χ4v) is 2.06. The Morgan fingerprint density at radius 3 is 2.71 bits per heavy atom. The van der Waals surface area contributed by atoms with Gasteiger partial charge in [0.2, 0.25) is 5.95 Å². The van der Waals surface area contributed by atoms with Gasteiger partial charge in [-0.3, -0.25) is 4.79 Å². The summed E-state index contributed by atoms with van der Waals surface area (Å²) in [5.74, 6) is -0.204. The lowest BCUT2D eigenvalue weighted by atomic mass is 10.0. The molecule has 2 aromatic rings. The molecule has 21 heavy (non-hydrogen) atoms. The van der Waals surface area contributed by atoms with E-state index in [4.69, 9.17) is 4.74 Å². The summed E-state index contributed by atoms with van der Waals surface area (Å²) in [7, 11) is 1.59. The minimum Gasteiger partial charge on any atom is -0.496 e. The van der Waals surface area contributed by atoms with Crippen LogP contribution < -0.4 is 10.1 Å². The molecule has 1 aromatic carbocycles. The zero-order valence-corrected chi connectivity index (χ0v) is 12.2. The molecule has 1 unspecified atom stereocenters. The van der Waals surface area contributed by atoms with Gasteiger partial charge in [-0.15, -0.1) is 0 Å². The summed E-state index contributed by atoms with van der Waals surface area (Å²) >= 11 is 0. The van der Waals surface area contributed by atoms with Crippen molar-refractivity contribution in [3.05, 3.63) is 59.2 Å². The third-order valence-corrected chi connectivity index (χ3v) is 3.19. The highest BCUT2D eigenvalue weighted by Gasteiger charge is 2.15. The minimum absolute atomic E-state index is 0.239. The van der Waals surface area contributed by atoms with Crippen LogP contribution in [-0.2, 0) is 0 Å². The van der Waals surface area contributed by atoms with E-state index in [1.165, 1.54) is 12.3 Å². The second-order valence-corrected chi connectivity index (χ2v) is 4.81. The first-order valence-electron chi connectivity index (χ1n) is 6.58. The maximum atomic E-state index is 12.8. The lowest BCUT2D eigenvalue weighted by Gasteiger charge is -2.18. The van der Waals surface area contributed by atoms with Gasteiger partial charge in [-0.05, 0) is 32.0 Å². The lowest BCUT2D eigenvalue weighted by molar-refractivity contribution is 0.0939. The normalized spacial score (nSPS) is 11.8. The van der Waals surface area contributed by atoms with Gasteiger partial charge in [-0.1, -0.05) is 17.7 Å². The number of hydrogen-bond donors (Lipinski definition) is 1. The zero-order chi connectivity index (χ0) is 15.4. The monoisotopic (exact) mass is 288 g/mol. The number of benzene rings is 1. The summed E-state index contributed by atoms with van der Waals surface area (Å²) in [6, 6.07) is 8.10. The number of amides is 1. The summed E-state index contributed by atoms with van der Waals surface area (Å²) in [6.07, 6.45) is 1.21. The van der Waals surface area contributed by atoms with Crippen LogP contribution in [0.3, 0.4) is 0 Å². The largest absolute Gasteiger partial charge is 0.496 e. The molecule has 0 bridgehead atoms. The Morgan fingerprint density at radius 2 is 2.10 bits per heavy atom. The predicted molar refractivity (Wildman–Crippen MR) is 77.8 cm³/mol. The topological polar surface area (TPSA) is 51.2 Å². The molecule has 0 radical (unpaired) electrons. The van der Waals surface area contributed by atoms with Crippen LogP contribution in [0.25, 0.3) is 0 Å². The summed E-state index contributed by atoms with van der Waals surface area (Å²) in [5, 5.41) is 2.85. The quantitative estimate of drug-likeness (QED) is 0.880. The molecule has 1 amide bonds. The molecule has 1 N–H and O–H groups in total. The number of ether oxygens (including phenoxy) is 1. The van der Waals surface area contributed by atoms with Crippen LogP contribution in [0.1, 0.15) is 34.5 Å². The number of rotatable bonds is 4. The smallest absolute Gasteiger partial charge is 0.253 e. The van der Waals surface area contributed by atoms with Gasteiger partial charge in [0.15, 0.2) is 0 Å². The number of aromatic nitrogens is 1. The standard InChI is InChI=1S/C16H17FN2O2/c1-10-4-6-14(21-3)13(8-10)11(2)19-16(20)12-5-7-15(17)18-9-12/h4-9,11H,1-3H3,(H,19,20). The zero-order valence-electron chi connectivity index (χ0n) is 12.2. The summed E-state index contributed by atoms with van der Waals surface area (Å²) in [5.41, 5.74) is 2.28. The molecule has 110 valence electrons. The molecule has 1 heterocycles. The highest BCUT2D eigenvalue weighted by atomic mass is 19.1. The number of halogens is 1. The second kappa shape index (κ2) is 6.35. The summed E-state index contributed by atoms with van der Waals surface area (Å²) < 4.78 is 18.1. The minimum atomic E-state index is -0.611. The first kappa shape index (κ1) is 15.0. The molecule has 1 atom stereocenters. The van der Waals surface area contributed by atoms with E-state index in [-0.39, 0.29) is 11.9 Å². The molecule has 0 aliphatic heterocycles. The van der Waals surface area contributed by atoms with Crippen LogP contribution in [0.2, 0.25) is 0 Å². The van der Waals surface area contributed by atoms with Gasteiger partial charge in [0.1, 0.15) is 5.75 Å². The Bertz CT molecular complexity index is 641. The molecule has 0 saturated heterocycles. The first-order chi connectivity index (χ1) is 10.0. The van der Waals surface area contributed by atoms with Crippen molar-refractivity contribution in [2.45, 2.75) is 19.9 Å². The molecule has 0 spiro atoms. The number of carbonyl (C=O) groups is 1. The van der Waals surface area contributed by atoms with Crippen molar-refractivity contribution >= 4 is 5.91 Å². The van der Waals surface area contributed by atoms with Gasteiger partial charge in [-0.2, -0.15) is 4.39 Å². The Labute approximate surface area is 123 Å². The molecule has 2 rings (SSSR count). The molecule has 0 fully saturated rings. The highest BCUT2D eigenvalue weighted by Crippen LogP contribution is 2.26. The number of aryl methyl sites for hydroxylation is 1. The van der Waals surface area contributed by atoms with Gasteiger partial charge >= 0.3 is 0 Å². The maximum Gasteiger partial charge on any atom is 0.253 e. The van der Waals surface area contributed by atoms with Gasteiger partial charge < -0.3 is 10.1 Å². The van der Waals surface area contributed by atoms with Gasteiger partial charge in [0, 0.05) is 11.8 Å². The molecule has 4 nitrogen and oxygen atoms in total. The van der Waals surface area contributed by atoms with Crippen molar-refractivity contribution < 1.29 is 13.9 Å². The highest BCUT2D eigenvalue weighted by molar-refractivity contribution is 5.94. The molecule has 5 heteroatoms. The van der Waals surface area contributed by atoms with Crippen LogP contribution >= 0.6 is 0 Å². The fraction of sp³-hybridized carbons (Fsp3) is 0.250. The van der Waals surface area contributed by atoms with Gasteiger partial charge in [-0.25, -0.2) is 4.98 Å². The summed E-state index contributed by atoms with van der Waals surface area (Å²) in [4.78, 5) is 15.6. The van der Waals surface area contributed by atoms with Gasteiger partial charge in [0.05, 0.1) is 18.7 Å². The van der Waals surface area contributed by atoms with Crippen molar-refractivity contribution in [2.24, 2.45) is 0 Å². The Hall–Kier alpha value is -2.43. The number of carbonyl (C=O) groups excluding carboxylic acids is 1. The predicted octanol–water partition coefficient (Wildman–Crippen LogP) is 3.03. The third-order valence-electron chi connectivity index (χ3n) is 3.19. The number of nitrogens with one attached hydrogen (secondary N) is 1. The second-order valence-electron chi connectivity index (χ2n) is 4.81. The summed E-state index contributed by atoms with van der Waals surface area (Å²) in [6.45, 7) is 3.84. The van der Waals surface area contributed by atoms with Crippen molar-refractivity contribution in [1.82, 2.24) is 10.3 Å². The van der Waals surface area contributed by atoms with E-state index in [1.54, 1.807) is 7.11 Å². The van der Waals surface area contributed by atoms with Crippen molar-refractivity contribution in [1.29, 1.82) is 0 Å². The lowest BCUT2D eigenvalue weighted by Crippen LogP contribution is -2.27. The van der Waals surface area contributed by atoms with Crippen LogP contribution in [0.5, 0.6) is 5.75 Å². The average molecular weight is 288 g/mol. The van der Waals surface area contributed by atoms with Crippen LogP contribution in [0, 0.1) is 12.9 Å². The number of pyridine rings is 1. The average Bonchev–Trinajstić information content (AvgIpc) is 2.47. The van der Waals surface area contributed by atoms with E-state index in [0.29, 0.717) is 11.3 Å². The van der Waals surface area contributed by atoms with E-state index in [2.05, 4.69) is 10.3 Å². The SMILES string of the molecule is COc1ccc(C)cc1C(C)NC(=O)c1ccc(F)nc1. The molecule has 0 saturated carbocycles. The van der Waals surface area contributed by atoms with Crippen LogP contribution in [0.15, 0.2) is 36.5 Å². The maximum absolute atomic E-state index is 12.8. The van der Waals surface area contributed by atoms with Crippen LogP contribution in [-0.4, -0.2) is 18.0 Å². The molecular weight excluding hydrogens is 271 g/mol. The Morgan fingerprint density at radius 1 is 1.33 bits per heavy atom. The van der Waals surface area contributed by atoms with Crippen molar-refractivity contribution in [2.75, 3.05) is 7.11 Å². The van der Waals surface area contributed by atoms with E-state index < -0.39 is 5.95 Å². The van der Waals surface area contributed by atoms with E-state index >= 15 is 0 Å². The molecular formula is C16H17FN2O2. The fourth-order valence-electron chi connectivity index (χ4n) is 2.06. The number of methoxy groups -OCH3 is 1. The van der Waals surface area contributed by atoms with E-state index in [9.17, 15) is 9.18 Å². The number of hydrogen-bond acceptors (Lipinski definition) is 3. The molecule has 1 aromatic heterocycles. The Balaban J connectivity index is 2.17. The van der Waals surface area contributed by atoms with Gasteiger partial charge in [0.25, 0.3) is 5.91 Å². The Kier molecular flexibility index (Phi) is 4.52. The van der Waals surface area contributed by atoms with Crippen molar-refractivity contribution in [3.63, 3.8) is 0 Å². The van der Waals surface area contributed by atoms with E-state index in [1.807, 2.05) is 32.0 Å². The first-order valence-corrected chi connectivity index (χ1v) is 6.58. The van der Waals surface area contributed by atoms with Crippen molar-refractivity contribution in [3.8, 4) is 5.75 Å². The third kappa shape index (κ3) is 3.56. The molecule has 0 aliphatic rings. The molecule has 0 aliphatic carbocycles. The van der Waals surface area contributed by atoms with E-state index in [0.717, 1.165) is 17.2 Å².